The number of hydrogen-bond acceptors (Lipinski definition) is 3. The molecule has 0 saturated carbocycles. The number of carbonyl (C=O) groups is 2. The van der Waals surface area contributed by atoms with Gasteiger partial charge in [-0.3, -0.25) is 9.59 Å². The minimum atomic E-state index is -0.909. The van der Waals surface area contributed by atoms with E-state index in [4.69, 9.17) is 5.11 Å². The fourth-order valence-electron chi connectivity index (χ4n) is 1.19. The molecule has 0 bridgehead atoms. The summed E-state index contributed by atoms with van der Waals surface area (Å²) >= 11 is 0. The fourth-order valence-corrected chi connectivity index (χ4v) is 1.19. The molecular formula is C10H20N2O3. The van der Waals surface area contributed by atoms with E-state index in [1.807, 2.05) is 19.0 Å². The SMILES string of the molecule is CN(C)CCC(=O)NC(C)(C)CC(=O)O. The highest BCUT2D eigenvalue weighted by atomic mass is 16.4. The topological polar surface area (TPSA) is 69.6 Å². The van der Waals surface area contributed by atoms with Crippen molar-refractivity contribution < 1.29 is 14.7 Å². The highest BCUT2D eigenvalue weighted by Gasteiger charge is 2.23. The summed E-state index contributed by atoms with van der Waals surface area (Å²) in [6.45, 7) is 4.07. The van der Waals surface area contributed by atoms with E-state index in [0.29, 0.717) is 13.0 Å². The number of rotatable bonds is 6. The van der Waals surface area contributed by atoms with E-state index >= 15 is 0 Å². The number of aliphatic carboxylic acids is 1. The second-order valence-corrected chi connectivity index (χ2v) is 4.56. The largest absolute Gasteiger partial charge is 0.481 e. The molecule has 5 nitrogen and oxygen atoms in total. The van der Waals surface area contributed by atoms with Crippen molar-refractivity contribution in [3.63, 3.8) is 0 Å². The molecule has 5 heteroatoms. The van der Waals surface area contributed by atoms with Crippen LogP contribution < -0.4 is 5.32 Å². The molecule has 0 aliphatic rings. The van der Waals surface area contributed by atoms with Crippen LogP contribution in [0.5, 0.6) is 0 Å². The maximum Gasteiger partial charge on any atom is 0.305 e. The van der Waals surface area contributed by atoms with Crippen molar-refractivity contribution >= 4 is 11.9 Å². The standard InChI is InChI=1S/C10H20N2O3/c1-10(2,7-9(14)15)11-8(13)5-6-12(3)4/h5-7H2,1-4H3,(H,11,13)(H,14,15). The summed E-state index contributed by atoms with van der Waals surface area (Å²) in [5, 5.41) is 11.3. The van der Waals surface area contributed by atoms with Gasteiger partial charge < -0.3 is 15.3 Å². The molecule has 0 unspecified atom stereocenters. The van der Waals surface area contributed by atoms with Gasteiger partial charge >= 0.3 is 5.97 Å². The van der Waals surface area contributed by atoms with Crippen molar-refractivity contribution in [2.24, 2.45) is 0 Å². The predicted octanol–water partition coefficient (Wildman–Crippen LogP) is 0.308. The van der Waals surface area contributed by atoms with Crippen molar-refractivity contribution in [2.45, 2.75) is 32.2 Å². The maximum absolute atomic E-state index is 11.4. The molecule has 0 aromatic heterocycles. The third-order valence-corrected chi connectivity index (χ3v) is 1.86. The maximum atomic E-state index is 11.4. The molecular weight excluding hydrogens is 196 g/mol. The van der Waals surface area contributed by atoms with Crippen LogP contribution in [-0.4, -0.2) is 48.1 Å². The minimum Gasteiger partial charge on any atom is -0.481 e. The minimum absolute atomic E-state index is 0.0687. The van der Waals surface area contributed by atoms with Gasteiger partial charge in [-0.05, 0) is 27.9 Å². The molecule has 0 fully saturated rings. The number of carbonyl (C=O) groups excluding carboxylic acids is 1. The molecule has 0 spiro atoms. The third-order valence-electron chi connectivity index (χ3n) is 1.86. The van der Waals surface area contributed by atoms with Crippen LogP contribution in [0, 0.1) is 0 Å². The van der Waals surface area contributed by atoms with Gasteiger partial charge in [0.2, 0.25) is 5.91 Å². The van der Waals surface area contributed by atoms with E-state index in [1.165, 1.54) is 0 Å². The van der Waals surface area contributed by atoms with E-state index in [1.54, 1.807) is 13.8 Å². The zero-order valence-electron chi connectivity index (χ0n) is 9.83. The van der Waals surface area contributed by atoms with Gasteiger partial charge in [0.05, 0.1) is 6.42 Å². The first-order chi connectivity index (χ1) is 6.73. The van der Waals surface area contributed by atoms with Crippen LogP contribution >= 0.6 is 0 Å². The Kier molecular flexibility index (Phi) is 5.28. The highest BCUT2D eigenvalue weighted by Crippen LogP contribution is 2.08. The molecule has 0 aromatic carbocycles. The van der Waals surface area contributed by atoms with Crippen LogP contribution in [-0.2, 0) is 9.59 Å². The van der Waals surface area contributed by atoms with E-state index in [2.05, 4.69) is 5.32 Å². The zero-order chi connectivity index (χ0) is 12.1. The van der Waals surface area contributed by atoms with Gasteiger partial charge in [0.25, 0.3) is 0 Å². The first kappa shape index (κ1) is 13.9. The number of carboxylic acids is 1. The average molecular weight is 216 g/mol. The normalized spacial score (nSPS) is 11.5. The van der Waals surface area contributed by atoms with Crippen LogP contribution in [0.3, 0.4) is 0 Å². The third kappa shape index (κ3) is 7.93. The van der Waals surface area contributed by atoms with E-state index < -0.39 is 11.5 Å². The van der Waals surface area contributed by atoms with Gasteiger partial charge in [0, 0.05) is 18.5 Å². The predicted molar refractivity (Wildman–Crippen MR) is 57.6 cm³/mol. The van der Waals surface area contributed by atoms with Gasteiger partial charge in [0.15, 0.2) is 0 Å². The van der Waals surface area contributed by atoms with Crippen LogP contribution in [0.1, 0.15) is 26.7 Å². The Hall–Kier alpha value is -1.10. The van der Waals surface area contributed by atoms with E-state index in [9.17, 15) is 9.59 Å². The molecule has 0 aromatic rings. The van der Waals surface area contributed by atoms with Crippen LogP contribution in [0.2, 0.25) is 0 Å². The van der Waals surface area contributed by atoms with Crippen LogP contribution in [0.25, 0.3) is 0 Å². The van der Waals surface area contributed by atoms with Crippen molar-refractivity contribution in [3.05, 3.63) is 0 Å². The number of hydrogen-bond donors (Lipinski definition) is 2. The lowest BCUT2D eigenvalue weighted by Gasteiger charge is -2.24. The van der Waals surface area contributed by atoms with Gasteiger partial charge in [-0.2, -0.15) is 0 Å². The molecule has 0 rings (SSSR count). The lowest BCUT2D eigenvalue weighted by Crippen LogP contribution is -2.45. The van der Waals surface area contributed by atoms with Crippen molar-refractivity contribution in [1.82, 2.24) is 10.2 Å². The van der Waals surface area contributed by atoms with Crippen molar-refractivity contribution in [3.8, 4) is 0 Å². The first-order valence-corrected chi connectivity index (χ1v) is 4.90. The lowest BCUT2D eigenvalue weighted by atomic mass is 10.0. The summed E-state index contributed by atoms with van der Waals surface area (Å²) < 4.78 is 0. The molecule has 0 saturated heterocycles. The van der Waals surface area contributed by atoms with Gasteiger partial charge in [-0.25, -0.2) is 0 Å². The molecule has 0 radical (unpaired) electrons. The molecule has 2 N–H and O–H groups in total. The average Bonchev–Trinajstić information content (AvgIpc) is 1.96. The molecule has 1 amide bonds. The second kappa shape index (κ2) is 5.70. The Morgan fingerprint density at radius 1 is 1.33 bits per heavy atom. The number of nitrogens with one attached hydrogen (secondary N) is 1. The van der Waals surface area contributed by atoms with E-state index in [0.717, 1.165) is 0 Å². The van der Waals surface area contributed by atoms with Gasteiger partial charge in [0.1, 0.15) is 0 Å². The Morgan fingerprint density at radius 2 is 1.87 bits per heavy atom. The quantitative estimate of drug-likeness (QED) is 0.670. The molecule has 0 aliphatic heterocycles. The van der Waals surface area contributed by atoms with Gasteiger partial charge in [-0.15, -0.1) is 0 Å². The molecule has 0 aliphatic carbocycles. The Balaban J connectivity index is 3.98. The zero-order valence-corrected chi connectivity index (χ0v) is 9.83. The molecule has 15 heavy (non-hydrogen) atoms. The smallest absolute Gasteiger partial charge is 0.305 e. The number of amides is 1. The fraction of sp³-hybridized carbons (Fsp3) is 0.800. The number of carboxylic acid groups (broad SMARTS) is 1. The first-order valence-electron chi connectivity index (χ1n) is 4.90. The lowest BCUT2D eigenvalue weighted by molar-refractivity contribution is -0.138. The van der Waals surface area contributed by atoms with Crippen LogP contribution in [0.15, 0.2) is 0 Å². The summed E-state index contributed by atoms with van der Waals surface area (Å²) in [7, 11) is 3.77. The molecule has 0 heterocycles. The van der Waals surface area contributed by atoms with Crippen LogP contribution in [0.4, 0.5) is 0 Å². The summed E-state index contributed by atoms with van der Waals surface area (Å²) in [6, 6.07) is 0. The van der Waals surface area contributed by atoms with E-state index in [-0.39, 0.29) is 12.3 Å². The highest BCUT2D eigenvalue weighted by molar-refractivity contribution is 5.78. The Bertz CT molecular complexity index is 237. The molecule has 88 valence electrons. The Morgan fingerprint density at radius 3 is 2.27 bits per heavy atom. The summed E-state index contributed by atoms with van der Waals surface area (Å²) in [6.07, 6.45) is 0.316. The molecule has 0 atom stereocenters. The number of nitrogens with zero attached hydrogens (tertiary/aromatic N) is 1. The van der Waals surface area contributed by atoms with Gasteiger partial charge in [-0.1, -0.05) is 0 Å². The monoisotopic (exact) mass is 216 g/mol. The summed E-state index contributed by atoms with van der Waals surface area (Å²) in [5.41, 5.74) is -0.685. The summed E-state index contributed by atoms with van der Waals surface area (Å²) in [5.74, 6) is -1.03. The second-order valence-electron chi connectivity index (χ2n) is 4.56. The Labute approximate surface area is 90.5 Å². The summed E-state index contributed by atoms with van der Waals surface area (Å²) in [4.78, 5) is 23.8. The van der Waals surface area contributed by atoms with Crippen molar-refractivity contribution in [1.29, 1.82) is 0 Å². The van der Waals surface area contributed by atoms with Crippen molar-refractivity contribution in [2.75, 3.05) is 20.6 Å².